The van der Waals surface area contributed by atoms with Crippen LogP contribution in [0.15, 0.2) is 0 Å². The Kier molecular flexibility index (Phi) is 10.4. The summed E-state index contributed by atoms with van der Waals surface area (Å²) in [6, 6.07) is -0.859. The molecule has 0 aliphatic rings. The number of ether oxygens (including phenoxy) is 2. The lowest BCUT2D eigenvalue weighted by Gasteiger charge is -2.11. The molecule has 0 aromatic carbocycles. The second kappa shape index (κ2) is 10.9. The fraction of sp³-hybridized carbons (Fsp3) is 0.833. The van der Waals surface area contributed by atoms with Crippen molar-refractivity contribution in [3.05, 3.63) is 0 Å². The van der Waals surface area contributed by atoms with E-state index >= 15 is 0 Å². The summed E-state index contributed by atoms with van der Waals surface area (Å²) in [5.41, 5.74) is 5.40. The topological polar surface area (TPSA) is 119 Å². The van der Waals surface area contributed by atoms with Gasteiger partial charge in [0.15, 0.2) is 0 Å². The van der Waals surface area contributed by atoms with Crippen molar-refractivity contribution in [2.45, 2.75) is 25.5 Å². The van der Waals surface area contributed by atoms with Crippen molar-refractivity contribution < 1.29 is 29.3 Å². The molecule has 0 saturated carbocycles. The molecule has 7 nitrogen and oxygen atoms in total. The number of rotatable bonds is 11. The molecule has 0 heterocycles. The minimum atomic E-state index is -1.01. The summed E-state index contributed by atoms with van der Waals surface area (Å²) < 4.78 is 9.71. The summed E-state index contributed by atoms with van der Waals surface area (Å²) in [4.78, 5) is 21.5. The first-order valence-electron chi connectivity index (χ1n) is 6.35. The molecule has 0 rings (SSSR count). The number of carboxylic acid groups (broad SMARTS) is 1. The average molecular weight is 310 g/mol. The predicted octanol–water partition coefficient (Wildman–Crippen LogP) is -1.02. The van der Waals surface area contributed by atoms with Crippen LogP contribution in [-0.2, 0) is 30.0 Å². The summed E-state index contributed by atoms with van der Waals surface area (Å²) >= 11 is 0. The Balaban J connectivity index is 3.71. The van der Waals surface area contributed by atoms with Gasteiger partial charge in [0.05, 0.1) is 19.5 Å². The Morgan fingerprint density at radius 1 is 1.40 bits per heavy atom. The van der Waals surface area contributed by atoms with E-state index in [0.717, 1.165) is 0 Å². The molecule has 3 atom stereocenters. The highest BCUT2D eigenvalue weighted by Gasteiger charge is 2.21. The molecule has 0 fully saturated rings. The number of carboxylic acids is 1. The molecular formula is C12H24NO6S+. The molecule has 8 heteroatoms. The Bertz CT molecular complexity index is 302. The molecule has 0 saturated heterocycles. The largest absolute Gasteiger partial charge is 0.480 e. The molecule has 2 unspecified atom stereocenters. The molecule has 0 radical (unpaired) electrons. The molecule has 0 aromatic heterocycles. The minimum Gasteiger partial charge on any atom is -0.480 e. The van der Waals surface area contributed by atoms with Gasteiger partial charge in [-0.25, -0.2) is 4.79 Å². The van der Waals surface area contributed by atoms with Crippen molar-refractivity contribution >= 4 is 22.8 Å². The molecule has 20 heavy (non-hydrogen) atoms. The number of carbonyl (C=O) groups is 2. The minimum absolute atomic E-state index is 0.0567. The summed E-state index contributed by atoms with van der Waals surface area (Å²) in [5, 5.41) is 18.4. The number of hydrogen-bond acceptors (Lipinski definition) is 6. The lowest BCUT2D eigenvalue weighted by molar-refractivity contribution is -0.149. The molecule has 4 N–H and O–H groups in total. The number of carbonyl (C=O) groups excluding carboxylic acids is 1. The highest BCUT2D eigenvalue weighted by atomic mass is 32.2. The second-order valence-electron chi connectivity index (χ2n) is 4.36. The standard InChI is InChI=1S/C12H23NO6S/c1-3-19-11(15)7-18-6-9(14)8-20(2)5-4-10(13)12(16)17/h9-10,14H,3-8,13H2,1-2H3/p+1/t9?,10-,20?/m0/s1. The number of aliphatic hydroxyl groups is 1. The summed E-state index contributed by atoms with van der Waals surface area (Å²) in [5.74, 6) is -0.333. The monoisotopic (exact) mass is 310 g/mol. The van der Waals surface area contributed by atoms with Gasteiger partial charge >= 0.3 is 11.9 Å². The van der Waals surface area contributed by atoms with E-state index in [-0.39, 0.29) is 24.1 Å². The van der Waals surface area contributed by atoms with Gasteiger partial charge in [0.1, 0.15) is 30.3 Å². The van der Waals surface area contributed by atoms with E-state index in [1.54, 1.807) is 6.92 Å². The Labute approximate surface area is 121 Å². The molecule has 0 amide bonds. The van der Waals surface area contributed by atoms with Crippen LogP contribution in [0.4, 0.5) is 0 Å². The van der Waals surface area contributed by atoms with Gasteiger partial charge in [0.25, 0.3) is 0 Å². The van der Waals surface area contributed by atoms with Gasteiger partial charge < -0.3 is 25.4 Å². The number of hydrogen-bond donors (Lipinski definition) is 3. The van der Waals surface area contributed by atoms with Crippen LogP contribution in [0.25, 0.3) is 0 Å². The van der Waals surface area contributed by atoms with E-state index in [4.69, 9.17) is 15.6 Å². The third-order valence-electron chi connectivity index (χ3n) is 2.41. The van der Waals surface area contributed by atoms with Crippen LogP contribution >= 0.6 is 0 Å². The summed E-state index contributed by atoms with van der Waals surface area (Å²) in [6.07, 6.45) is 1.63. The van der Waals surface area contributed by atoms with Gasteiger partial charge in [0, 0.05) is 6.42 Å². The van der Waals surface area contributed by atoms with Crippen LogP contribution < -0.4 is 5.73 Å². The van der Waals surface area contributed by atoms with Gasteiger partial charge in [-0.1, -0.05) is 0 Å². The van der Waals surface area contributed by atoms with Crippen molar-refractivity contribution in [2.75, 3.05) is 37.6 Å². The van der Waals surface area contributed by atoms with Gasteiger partial charge in [-0.05, 0) is 17.8 Å². The third kappa shape index (κ3) is 10.0. The zero-order valence-electron chi connectivity index (χ0n) is 11.9. The van der Waals surface area contributed by atoms with Gasteiger partial charge in [-0.3, -0.25) is 4.79 Å². The highest BCUT2D eigenvalue weighted by Crippen LogP contribution is 2.01. The smallest absolute Gasteiger partial charge is 0.332 e. The Morgan fingerprint density at radius 2 is 2.05 bits per heavy atom. The van der Waals surface area contributed by atoms with E-state index < -0.39 is 24.1 Å². The SMILES string of the molecule is CCOC(=O)COCC(O)C[S+](C)CC[C@H](N)C(=O)O. The van der Waals surface area contributed by atoms with Gasteiger partial charge in [0.2, 0.25) is 0 Å². The average Bonchev–Trinajstić information content (AvgIpc) is 2.35. The lowest BCUT2D eigenvalue weighted by Crippen LogP contribution is -2.34. The number of aliphatic hydroxyl groups excluding tert-OH is 1. The first-order valence-corrected chi connectivity index (χ1v) is 8.32. The maximum Gasteiger partial charge on any atom is 0.332 e. The Morgan fingerprint density at radius 3 is 2.60 bits per heavy atom. The van der Waals surface area contributed by atoms with E-state index in [0.29, 0.717) is 24.5 Å². The second-order valence-corrected chi connectivity index (χ2v) is 6.66. The van der Waals surface area contributed by atoms with Crippen LogP contribution in [0.2, 0.25) is 0 Å². The van der Waals surface area contributed by atoms with Crippen LogP contribution in [0.5, 0.6) is 0 Å². The Hall–Kier alpha value is -0.830. The summed E-state index contributed by atoms with van der Waals surface area (Å²) in [7, 11) is -0.144. The third-order valence-corrected chi connectivity index (χ3v) is 4.29. The molecule has 118 valence electrons. The van der Waals surface area contributed by atoms with Crippen LogP contribution in [0.3, 0.4) is 0 Å². The molecule has 0 aliphatic carbocycles. The van der Waals surface area contributed by atoms with E-state index in [1.165, 1.54) is 0 Å². The van der Waals surface area contributed by atoms with Crippen molar-refractivity contribution in [1.82, 2.24) is 0 Å². The fourth-order valence-electron chi connectivity index (χ4n) is 1.39. The van der Waals surface area contributed by atoms with Crippen molar-refractivity contribution in [2.24, 2.45) is 5.73 Å². The molecule has 0 aromatic rings. The lowest BCUT2D eigenvalue weighted by atomic mass is 10.2. The van der Waals surface area contributed by atoms with E-state index in [1.807, 2.05) is 6.26 Å². The summed E-state index contributed by atoms with van der Waals surface area (Å²) in [6.45, 7) is 1.89. The maximum atomic E-state index is 11.0. The van der Waals surface area contributed by atoms with E-state index in [9.17, 15) is 14.7 Å². The van der Waals surface area contributed by atoms with Crippen molar-refractivity contribution in [3.8, 4) is 0 Å². The zero-order valence-corrected chi connectivity index (χ0v) is 12.7. The number of aliphatic carboxylic acids is 1. The van der Waals surface area contributed by atoms with Crippen molar-refractivity contribution in [3.63, 3.8) is 0 Å². The van der Waals surface area contributed by atoms with Crippen molar-refractivity contribution in [1.29, 1.82) is 0 Å². The van der Waals surface area contributed by atoms with Crippen LogP contribution in [0.1, 0.15) is 13.3 Å². The number of esters is 1. The van der Waals surface area contributed by atoms with Gasteiger partial charge in [-0.15, -0.1) is 0 Å². The van der Waals surface area contributed by atoms with Crippen LogP contribution in [-0.4, -0.2) is 71.9 Å². The maximum absolute atomic E-state index is 11.0. The molecule has 0 spiro atoms. The molecule has 0 bridgehead atoms. The fourth-order valence-corrected chi connectivity index (χ4v) is 2.97. The predicted molar refractivity (Wildman–Crippen MR) is 76.7 cm³/mol. The quantitative estimate of drug-likeness (QED) is 0.330. The van der Waals surface area contributed by atoms with Gasteiger partial charge in [-0.2, -0.15) is 0 Å². The molecular weight excluding hydrogens is 286 g/mol. The first kappa shape index (κ1) is 19.2. The van der Waals surface area contributed by atoms with E-state index in [2.05, 4.69) is 4.74 Å². The first-order chi connectivity index (χ1) is 9.36. The normalized spacial score (nSPS) is 15.4. The highest BCUT2D eigenvalue weighted by molar-refractivity contribution is 7.96. The number of nitrogens with two attached hydrogens (primary N) is 1. The molecule has 0 aliphatic heterocycles. The van der Waals surface area contributed by atoms with Crippen LogP contribution in [0, 0.1) is 0 Å². The zero-order chi connectivity index (χ0) is 15.5.